The number of hydrogen-bond donors (Lipinski definition) is 0. The Hall–Kier alpha value is -3.17. The van der Waals surface area contributed by atoms with E-state index in [9.17, 15) is 4.57 Å². The molecular formula is C38H45O8P. The van der Waals surface area contributed by atoms with Crippen LogP contribution in [0.15, 0.2) is 121 Å². The van der Waals surface area contributed by atoms with Crippen molar-refractivity contribution in [3.63, 3.8) is 0 Å². The summed E-state index contributed by atoms with van der Waals surface area (Å²) >= 11 is 0. The fraction of sp³-hybridized carbons (Fsp3) is 0.368. The molecule has 9 heteroatoms. The summed E-state index contributed by atoms with van der Waals surface area (Å²) in [6, 6.07) is 38.9. The SMILES string of the molecule is CO[C@H]1OC([C@@H](COP(=O)(OCc2ccccc2)OCc2ccccc2)OCc2ccccc2)[C@@H](C)C(C)[C@@H]1OCc1ccccc1. The third-order valence-corrected chi connectivity index (χ3v) is 9.83. The van der Waals surface area contributed by atoms with Gasteiger partial charge in [0.2, 0.25) is 0 Å². The summed E-state index contributed by atoms with van der Waals surface area (Å²) in [5.41, 5.74) is 3.76. The third-order valence-electron chi connectivity index (χ3n) is 8.48. The summed E-state index contributed by atoms with van der Waals surface area (Å²) in [6.07, 6.45) is -2.05. The van der Waals surface area contributed by atoms with Crippen LogP contribution in [0.5, 0.6) is 0 Å². The van der Waals surface area contributed by atoms with Crippen LogP contribution in [-0.2, 0) is 63.5 Å². The van der Waals surface area contributed by atoms with Crippen molar-refractivity contribution in [2.24, 2.45) is 11.8 Å². The third kappa shape index (κ3) is 10.4. The molecule has 1 aliphatic heterocycles. The molecule has 1 fully saturated rings. The lowest BCUT2D eigenvalue weighted by Crippen LogP contribution is -2.55. The molecule has 2 unspecified atom stereocenters. The van der Waals surface area contributed by atoms with Gasteiger partial charge in [0.05, 0.1) is 39.1 Å². The summed E-state index contributed by atoms with van der Waals surface area (Å²) in [6.45, 7) is 5.01. The van der Waals surface area contributed by atoms with Crippen LogP contribution in [0.2, 0.25) is 0 Å². The maximum Gasteiger partial charge on any atom is 0.475 e. The zero-order valence-corrected chi connectivity index (χ0v) is 28.2. The van der Waals surface area contributed by atoms with Gasteiger partial charge in [0.25, 0.3) is 0 Å². The van der Waals surface area contributed by atoms with Crippen LogP contribution in [0.1, 0.15) is 36.1 Å². The molecular weight excluding hydrogens is 615 g/mol. The molecule has 0 saturated carbocycles. The number of ether oxygens (including phenoxy) is 4. The Kier molecular flexibility index (Phi) is 13.3. The van der Waals surface area contributed by atoms with Crippen LogP contribution in [0, 0.1) is 11.8 Å². The summed E-state index contributed by atoms with van der Waals surface area (Å²) < 4.78 is 57.3. The summed E-state index contributed by atoms with van der Waals surface area (Å²) in [4.78, 5) is 0. The topological polar surface area (TPSA) is 81.7 Å². The van der Waals surface area contributed by atoms with Gasteiger partial charge >= 0.3 is 7.82 Å². The molecule has 0 aromatic heterocycles. The molecule has 0 aliphatic carbocycles. The smallest absolute Gasteiger partial charge is 0.368 e. The molecule has 0 bridgehead atoms. The highest BCUT2D eigenvalue weighted by molar-refractivity contribution is 7.48. The maximum absolute atomic E-state index is 14.2. The second kappa shape index (κ2) is 17.8. The van der Waals surface area contributed by atoms with Gasteiger partial charge in [0.1, 0.15) is 12.2 Å². The van der Waals surface area contributed by atoms with Crippen LogP contribution in [0.3, 0.4) is 0 Å². The largest absolute Gasteiger partial charge is 0.475 e. The molecule has 1 aliphatic rings. The summed E-state index contributed by atoms with van der Waals surface area (Å²) in [5.74, 6) is 0.0158. The minimum atomic E-state index is -4.06. The van der Waals surface area contributed by atoms with Gasteiger partial charge in [-0.15, -0.1) is 0 Å². The first kappa shape index (κ1) is 35.1. The van der Waals surface area contributed by atoms with E-state index in [1.54, 1.807) is 7.11 Å². The van der Waals surface area contributed by atoms with Crippen LogP contribution >= 0.6 is 7.82 Å². The normalized spacial score (nSPS) is 22.1. The molecule has 0 N–H and O–H groups in total. The van der Waals surface area contributed by atoms with Gasteiger partial charge in [-0.3, -0.25) is 13.6 Å². The summed E-state index contributed by atoms with van der Waals surface area (Å²) in [7, 11) is -2.44. The maximum atomic E-state index is 14.2. The lowest BCUT2D eigenvalue weighted by molar-refractivity contribution is -0.294. The molecule has 4 aromatic rings. The van der Waals surface area contributed by atoms with Crippen molar-refractivity contribution in [1.82, 2.24) is 0 Å². The van der Waals surface area contributed by atoms with Crippen molar-refractivity contribution < 1.29 is 37.1 Å². The molecule has 1 saturated heterocycles. The molecule has 4 aromatic carbocycles. The average molecular weight is 661 g/mol. The van der Waals surface area contributed by atoms with E-state index in [1.165, 1.54) is 0 Å². The molecule has 5 rings (SSSR count). The van der Waals surface area contributed by atoms with Crippen molar-refractivity contribution in [3.8, 4) is 0 Å². The second-order valence-corrected chi connectivity index (χ2v) is 13.4. The van der Waals surface area contributed by atoms with E-state index in [-0.39, 0.29) is 37.8 Å². The lowest BCUT2D eigenvalue weighted by atomic mass is 9.81. The van der Waals surface area contributed by atoms with Crippen LogP contribution < -0.4 is 0 Å². The predicted octanol–water partition coefficient (Wildman–Crippen LogP) is 8.36. The van der Waals surface area contributed by atoms with E-state index in [2.05, 4.69) is 13.8 Å². The quantitative estimate of drug-likeness (QED) is 0.105. The van der Waals surface area contributed by atoms with E-state index in [1.807, 2.05) is 121 Å². The number of phosphoric acid groups is 1. The fourth-order valence-corrected chi connectivity index (χ4v) is 6.73. The Labute approximate surface area is 278 Å². The van der Waals surface area contributed by atoms with E-state index in [0.717, 1.165) is 22.3 Å². The molecule has 0 spiro atoms. The monoisotopic (exact) mass is 660 g/mol. The molecule has 47 heavy (non-hydrogen) atoms. The zero-order chi connectivity index (χ0) is 32.9. The van der Waals surface area contributed by atoms with Gasteiger partial charge in [0, 0.05) is 7.11 Å². The Balaban J connectivity index is 1.33. The number of methoxy groups -OCH3 is 1. The highest BCUT2D eigenvalue weighted by Gasteiger charge is 2.46. The lowest BCUT2D eigenvalue weighted by Gasteiger charge is -2.46. The summed E-state index contributed by atoms with van der Waals surface area (Å²) in [5, 5.41) is 0. The second-order valence-electron chi connectivity index (χ2n) is 11.8. The van der Waals surface area contributed by atoms with Crippen LogP contribution in [-0.4, -0.2) is 38.3 Å². The minimum absolute atomic E-state index is 0.0265. The Bertz CT molecular complexity index is 1440. The number of rotatable bonds is 17. The Morgan fingerprint density at radius 2 is 1.06 bits per heavy atom. The van der Waals surface area contributed by atoms with Gasteiger partial charge in [-0.05, 0) is 34.1 Å². The van der Waals surface area contributed by atoms with Gasteiger partial charge in [0.15, 0.2) is 6.29 Å². The Morgan fingerprint density at radius 1 is 0.617 bits per heavy atom. The zero-order valence-electron chi connectivity index (χ0n) is 27.3. The number of phosphoric ester groups is 1. The van der Waals surface area contributed by atoms with Crippen LogP contribution in [0.4, 0.5) is 0 Å². The van der Waals surface area contributed by atoms with E-state index >= 15 is 0 Å². The van der Waals surface area contributed by atoms with Gasteiger partial charge in [-0.25, -0.2) is 4.57 Å². The number of benzene rings is 4. The van der Waals surface area contributed by atoms with Crippen molar-refractivity contribution in [3.05, 3.63) is 144 Å². The molecule has 1 heterocycles. The predicted molar refractivity (Wildman–Crippen MR) is 180 cm³/mol. The van der Waals surface area contributed by atoms with Crippen molar-refractivity contribution in [2.45, 2.75) is 64.9 Å². The molecule has 250 valence electrons. The van der Waals surface area contributed by atoms with E-state index in [4.69, 9.17) is 32.5 Å². The molecule has 0 radical (unpaired) electrons. The number of hydrogen-bond acceptors (Lipinski definition) is 8. The van der Waals surface area contributed by atoms with Gasteiger partial charge in [-0.2, -0.15) is 0 Å². The van der Waals surface area contributed by atoms with Crippen molar-refractivity contribution >= 4 is 7.82 Å². The minimum Gasteiger partial charge on any atom is -0.368 e. The van der Waals surface area contributed by atoms with Crippen molar-refractivity contribution in [1.29, 1.82) is 0 Å². The first-order valence-corrected chi connectivity index (χ1v) is 17.5. The van der Waals surface area contributed by atoms with Crippen molar-refractivity contribution in [2.75, 3.05) is 13.7 Å². The van der Waals surface area contributed by atoms with E-state index < -0.39 is 26.3 Å². The Morgan fingerprint density at radius 3 is 1.53 bits per heavy atom. The highest BCUT2D eigenvalue weighted by Crippen LogP contribution is 2.51. The van der Waals surface area contributed by atoms with Gasteiger partial charge in [-0.1, -0.05) is 135 Å². The average Bonchev–Trinajstić information content (AvgIpc) is 3.12. The highest BCUT2D eigenvalue weighted by atomic mass is 31.2. The van der Waals surface area contributed by atoms with Gasteiger partial charge < -0.3 is 18.9 Å². The molecule has 8 nitrogen and oxygen atoms in total. The molecule has 0 amide bonds. The molecule has 6 atom stereocenters. The van der Waals surface area contributed by atoms with Crippen LogP contribution in [0.25, 0.3) is 0 Å². The first-order valence-electron chi connectivity index (χ1n) is 16.0. The fourth-order valence-electron chi connectivity index (χ4n) is 5.56. The first-order chi connectivity index (χ1) is 22.9. The standard InChI is InChI=1S/C38H45O8P/c1-29-30(2)37(42-25-32-18-10-5-11-19-32)38(40-3)46-36(29)35(41-24-31-16-8-4-9-17-31)28-45-47(39,43-26-33-20-12-6-13-21-33)44-27-34-22-14-7-15-23-34/h4-23,29-30,35-38H,24-28H2,1-3H3/t29-,30?,35+,36?,37-,38-/m0/s1. The van der Waals surface area contributed by atoms with E-state index in [0.29, 0.717) is 13.2 Å².